The van der Waals surface area contributed by atoms with E-state index in [1.54, 1.807) is 0 Å². The predicted octanol–water partition coefficient (Wildman–Crippen LogP) is 0.164. The number of hydrogen-bond acceptors (Lipinski definition) is 12. The number of carbonyl (C=O) groups excluding carboxylic acids is 1. The van der Waals surface area contributed by atoms with E-state index in [2.05, 4.69) is 13.8 Å². The maximum atomic E-state index is 12.6. The summed E-state index contributed by atoms with van der Waals surface area (Å²) in [5.41, 5.74) is -1.01. The van der Waals surface area contributed by atoms with Gasteiger partial charge in [-0.3, -0.25) is 0 Å². The molecule has 0 amide bonds. The minimum Gasteiger partial charge on any atom is -0.458 e. The first-order valence-electron chi connectivity index (χ1n) is 17.2. The fraction of sp³-hybridized carbons (Fsp3) is 0.912. The van der Waals surface area contributed by atoms with E-state index < -0.39 is 72.6 Å². The molecule has 3 aliphatic heterocycles. The number of carbonyl (C=O) groups is 1. The van der Waals surface area contributed by atoms with Gasteiger partial charge in [0.25, 0.3) is 0 Å². The minimum atomic E-state index is -1.58. The van der Waals surface area contributed by atoms with Gasteiger partial charge in [-0.25, -0.2) is 4.79 Å². The maximum absolute atomic E-state index is 12.6. The summed E-state index contributed by atoms with van der Waals surface area (Å²) in [6.45, 7) is 7.57. The molecule has 4 saturated carbocycles. The highest BCUT2D eigenvalue weighted by atomic mass is 16.7. The average molecular weight is 653 g/mol. The van der Waals surface area contributed by atoms with Crippen LogP contribution in [0.15, 0.2) is 11.1 Å². The predicted molar refractivity (Wildman–Crippen MR) is 160 cm³/mol. The van der Waals surface area contributed by atoms with E-state index in [9.17, 15) is 40.5 Å². The molecule has 260 valence electrons. The summed E-state index contributed by atoms with van der Waals surface area (Å²) in [7, 11) is 0. The molecule has 0 aromatic carbocycles. The zero-order valence-electron chi connectivity index (χ0n) is 27.2. The van der Waals surface area contributed by atoms with Crippen LogP contribution in [0.2, 0.25) is 0 Å². The molecule has 0 aromatic heterocycles. The van der Waals surface area contributed by atoms with Crippen LogP contribution in [-0.2, 0) is 23.7 Å². The van der Waals surface area contributed by atoms with Gasteiger partial charge in [-0.15, -0.1) is 0 Å². The first-order chi connectivity index (χ1) is 21.7. The van der Waals surface area contributed by atoms with Crippen molar-refractivity contribution in [1.29, 1.82) is 0 Å². The summed E-state index contributed by atoms with van der Waals surface area (Å²) in [4.78, 5) is 12.6. The van der Waals surface area contributed by atoms with Gasteiger partial charge in [0.1, 0.15) is 42.2 Å². The summed E-state index contributed by atoms with van der Waals surface area (Å²) in [5, 5.41) is 74.5. The number of rotatable bonds is 6. The number of hydrogen-bond donors (Lipinski definition) is 7. The van der Waals surface area contributed by atoms with Gasteiger partial charge < -0.3 is 54.7 Å². The van der Waals surface area contributed by atoms with Crippen LogP contribution in [0, 0.1) is 40.4 Å². The molecule has 7 aliphatic rings. The highest BCUT2D eigenvalue weighted by Crippen LogP contribution is 2.73. The summed E-state index contributed by atoms with van der Waals surface area (Å²) in [6, 6.07) is 0. The molecule has 0 spiro atoms. The third-order valence-electron chi connectivity index (χ3n) is 14.3. The van der Waals surface area contributed by atoms with Crippen molar-refractivity contribution >= 4 is 5.97 Å². The van der Waals surface area contributed by atoms with E-state index in [0.29, 0.717) is 23.8 Å². The van der Waals surface area contributed by atoms with Crippen molar-refractivity contribution in [3.63, 3.8) is 0 Å². The molecule has 18 unspecified atom stereocenters. The van der Waals surface area contributed by atoms with Gasteiger partial charge in [-0.1, -0.05) is 26.3 Å². The van der Waals surface area contributed by atoms with E-state index in [4.69, 9.17) is 18.9 Å². The number of aliphatic hydroxyl groups is 7. The van der Waals surface area contributed by atoms with Crippen LogP contribution in [0.3, 0.4) is 0 Å². The Hall–Kier alpha value is -1.19. The van der Waals surface area contributed by atoms with Gasteiger partial charge in [0.05, 0.1) is 37.1 Å². The molecule has 18 atom stereocenters. The fourth-order valence-corrected chi connectivity index (χ4v) is 11.6. The summed E-state index contributed by atoms with van der Waals surface area (Å²) in [6.07, 6.45) is -4.92. The Kier molecular flexibility index (Phi) is 8.28. The third-order valence-corrected chi connectivity index (χ3v) is 14.3. The zero-order chi connectivity index (χ0) is 33.1. The molecular weight excluding hydrogens is 600 g/mol. The molecule has 7 N–H and O–H groups in total. The highest BCUT2D eigenvalue weighted by molar-refractivity contribution is 5.90. The van der Waals surface area contributed by atoms with Crippen molar-refractivity contribution in [2.24, 2.45) is 40.4 Å². The Bertz CT molecular complexity index is 1240. The van der Waals surface area contributed by atoms with E-state index in [1.165, 1.54) is 0 Å². The van der Waals surface area contributed by atoms with Gasteiger partial charge in [0.2, 0.25) is 0 Å². The lowest BCUT2D eigenvalue weighted by atomic mass is 9.42. The Balaban J connectivity index is 1.09. The SMILES string of the molecule is CC1=C(CO)C(=O)OC(C(C)C2CCC3C4C5OC5C5(O)CC(OC6OC(CO)C(O)C(O)C6O)CC(O)C5(C)C4CCC23C)C1. The van der Waals surface area contributed by atoms with Gasteiger partial charge in [-0.05, 0) is 67.6 Å². The van der Waals surface area contributed by atoms with Crippen LogP contribution in [0.5, 0.6) is 0 Å². The molecule has 0 aromatic rings. The number of esters is 1. The quantitative estimate of drug-likeness (QED) is 0.117. The van der Waals surface area contributed by atoms with Gasteiger partial charge in [0, 0.05) is 24.7 Å². The molecule has 2 saturated heterocycles. The van der Waals surface area contributed by atoms with Crippen molar-refractivity contribution in [2.45, 2.75) is 139 Å². The first kappa shape index (κ1) is 33.3. The maximum Gasteiger partial charge on any atom is 0.336 e. The van der Waals surface area contributed by atoms with Gasteiger partial charge in [0.15, 0.2) is 6.29 Å². The van der Waals surface area contributed by atoms with Crippen LogP contribution < -0.4 is 0 Å². The van der Waals surface area contributed by atoms with Crippen LogP contribution >= 0.6 is 0 Å². The first-order valence-corrected chi connectivity index (χ1v) is 17.2. The Morgan fingerprint density at radius 3 is 2.41 bits per heavy atom. The molecule has 4 aliphatic carbocycles. The second kappa shape index (κ2) is 11.4. The minimum absolute atomic E-state index is 0.0152. The van der Waals surface area contributed by atoms with Crippen molar-refractivity contribution in [3.05, 3.63) is 11.1 Å². The number of cyclic esters (lactones) is 1. The third kappa shape index (κ3) is 4.58. The number of aliphatic hydroxyl groups excluding tert-OH is 6. The second-order valence-electron chi connectivity index (χ2n) is 16.1. The molecule has 0 bridgehead atoms. The molecule has 6 fully saturated rings. The van der Waals surface area contributed by atoms with Gasteiger partial charge >= 0.3 is 5.97 Å². The summed E-state index contributed by atoms with van der Waals surface area (Å²) < 4.78 is 23.9. The Morgan fingerprint density at radius 1 is 1.00 bits per heavy atom. The van der Waals surface area contributed by atoms with Crippen molar-refractivity contribution in [3.8, 4) is 0 Å². The number of ether oxygens (including phenoxy) is 4. The lowest BCUT2D eigenvalue weighted by molar-refractivity contribution is -0.329. The molecule has 7 rings (SSSR count). The fourth-order valence-electron chi connectivity index (χ4n) is 11.6. The molecule has 3 heterocycles. The normalized spacial score (nSPS) is 55.5. The van der Waals surface area contributed by atoms with E-state index in [1.807, 2.05) is 13.8 Å². The van der Waals surface area contributed by atoms with Crippen molar-refractivity contribution in [1.82, 2.24) is 0 Å². The van der Waals surface area contributed by atoms with E-state index in [0.717, 1.165) is 31.3 Å². The van der Waals surface area contributed by atoms with Crippen LogP contribution in [-0.4, -0.2) is 122 Å². The topological polar surface area (TPSA) is 199 Å². The van der Waals surface area contributed by atoms with Crippen LogP contribution in [0.4, 0.5) is 0 Å². The average Bonchev–Trinajstić information content (AvgIpc) is 3.74. The van der Waals surface area contributed by atoms with E-state index >= 15 is 0 Å². The zero-order valence-corrected chi connectivity index (χ0v) is 27.2. The standard InChI is InChI=1S/C34H52O12/c1-14-9-21(44-30(41)17(14)12-35)15(2)18-5-6-19-24-20(7-8-32(18,19)3)33(4)23(37)10-16(11-34(33,42)29-28(24)46-29)43-31-27(40)26(39)25(38)22(13-36)45-31/h15-16,18-29,31,35-40,42H,5-13H2,1-4H3. The Labute approximate surface area is 269 Å². The monoisotopic (exact) mass is 652 g/mol. The molecule has 46 heavy (non-hydrogen) atoms. The van der Waals surface area contributed by atoms with Gasteiger partial charge in [-0.2, -0.15) is 0 Å². The van der Waals surface area contributed by atoms with Crippen LogP contribution in [0.25, 0.3) is 0 Å². The molecule has 12 heteroatoms. The lowest BCUT2D eigenvalue weighted by Gasteiger charge is -2.64. The number of fused-ring (bicyclic) bond motifs is 8. The largest absolute Gasteiger partial charge is 0.458 e. The smallest absolute Gasteiger partial charge is 0.336 e. The molecular formula is C34H52O12. The van der Waals surface area contributed by atoms with Crippen molar-refractivity contribution < 1.29 is 59.5 Å². The lowest BCUT2D eigenvalue weighted by Crippen LogP contribution is -2.71. The second-order valence-corrected chi connectivity index (χ2v) is 16.1. The molecule has 12 nitrogen and oxygen atoms in total. The van der Waals surface area contributed by atoms with Crippen LogP contribution in [0.1, 0.15) is 72.6 Å². The Morgan fingerprint density at radius 2 is 1.74 bits per heavy atom. The summed E-state index contributed by atoms with van der Waals surface area (Å²) >= 11 is 0. The van der Waals surface area contributed by atoms with E-state index in [-0.39, 0.29) is 54.8 Å². The highest BCUT2D eigenvalue weighted by Gasteiger charge is 2.78. The van der Waals surface area contributed by atoms with Crippen molar-refractivity contribution in [2.75, 3.05) is 13.2 Å². The number of epoxide rings is 1. The molecule has 0 radical (unpaired) electrons. The summed E-state index contributed by atoms with van der Waals surface area (Å²) in [5.74, 6) is 0.563.